The number of benzene rings is 2. The quantitative estimate of drug-likeness (QED) is 0.625. The molecule has 0 saturated carbocycles. The summed E-state index contributed by atoms with van der Waals surface area (Å²) in [4.78, 5) is 17.8. The van der Waals surface area contributed by atoms with E-state index in [9.17, 15) is 9.18 Å². The van der Waals surface area contributed by atoms with Crippen LogP contribution < -0.4 is 10.6 Å². The molecular formula is C19H23FN4O. The predicted octanol–water partition coefficient (Wildman–Crippen LogP) is 2.15. The van der Waals surface area contributed by atoms with E-state index in [0.29, 0.717) is 19.0 Å². The zero-order valence-electron chi connectivity index (χ0n) is 14.5. The van der Waals surface area contributed by atoms with Crippen LogP contribution in [-0.2, 0) is 17.9 Å². The maximum atomic E-state index is 13.0. The molecule has 5 nitrogen and oxygen atoms in total. The molecule has 0 aliphatic rings. The summed E-state index contributed by atoms with van der Waals surface area (Å²) in [7, 11) is 3.41. The number of rotatable bonds is 6. The Morgan fingerprint density at radius 3 is 2.32 bits per heavy atom. The Bertz CT molecular complexity index is 699. The van der Waals surface area contributed by atoms with Crippen molar-refractivity contribution in [1.29, 1.82) is 0 Å². The van der Waals surface area contributed by atoms with Gasteiger partial charge in [0.15, 0.2) is 5.96 Å². The third kappa shape index (κ3) is 6.63. The summed E-state index contributed by atoms with van der Waals surface area (Å²) < 4.78 is 13.0. The molecule has 25 heavy (non-hydrogen) atoms. The number of hydrogen-bond acceptors (Lipinski definition) is 2. The number of aliphatic imine (C=N–C) groups is 1. The van der Waals surface area contributed by atoms with E-state index < -0.39 is 0 Å². The average molecular weight is 342 g/mol. The lowest BCUT2D eigenvalue weighted by Crippen LogP contribution is -2.42. The maximum Gasteiger partial charge on any atom is 0.241 e. The van der Waals surface area contributed by atoms with Crippen molar-refractivity contribution in [3.8, 4) is 0 Å². The minimum atomic E-state index is -0.267. The van der Waals surface area contributed by atoms with E-state index in [1.165, 1.54) is 17.0 Å². The van der Waals surface area contributed by atoms with E-state index in [2.05, 4.69) is 15.6 Å². The lowest BCUT2D eigenvalue weighted by atomic mass is 10.2. The lowest BCUT2D eigenvalue weighted by molar-refractivity contribution is -0.127. The molecule has 0 fully saturated rings. The van der Waals surface area contributed by atoms with Gasteiger partial charge >= 0.3 is 0 Å². The molecule has 2 aromatic rings. The monoisotopic (exact) mass is 342 g/mol. The van der Waals surface area contributed by atoms with Crippen LogP contribution in [0.3, 0.4) is 0 Å². The first-order chi connectivity index (χ1) is 12.0. The number of amides is 1. The highest BCUT2D eigenvalue weighted by Gasteiger charge is 2.06. The van der Waals surface area contributed by atoms with Crippen molar-refractivity contribution in [3.63, 3.8) is 0 Å². The molecule has 1 amide bonds. The summed E-state index contributed by atoms with van der Waals surface area (Å²) in [5.41, 5.74) is 2.00. The molecule has 0 aliphatic heterocycles. The van der Waals surface area contributed by atoms with Gasteiger partial charge in [0.05, 0.1) is 13.1 Å². The Balaban J connectivity index is 1.99. The number of guanidine groups is 1. The first kappa shape index (κ1) is 18.4. The average Bonchev–Trinajstić information content (AvgIpc) is 2.63. The fourth-order valence-corrected chi connectivity index (χ4v) is 2.03. The summed E-state index contributed by atoms with van der Waals surface area (Å²) in [5.74, 6) is 0.218. The number of nitrogens with zero attached hydrogens (tertiary/aromatic N) is 2. The van der Waals surface area contributed by atoms with Crippen molar-refractivity contribution in [3.05, 3.63) is 71.5 Å². The highest BCUT2D eigenvalue weighted by Crippen LogP contribution is 2.03. The van der Waals surface area contributed by atoms with Gasteiger partial charge in [0.25, 0.3) is 0 Å². The number of carbonyl (C=O) groups excluding carboxylic acids is 1. The first-order valence-electron chi connectivity index (χ1n) is 8.05. The largest absolute Gasteiger partial charge is 0.352 e. The molecule has 0 radical (unpaired) electrons. The van der Waals surface area contributed by atoms with Crippen LogP contribution in [0.1, 0.15) is 11.1 Å². The Kier molecular flexibility index (Phi) is 6.95. The number of carbonyl (C=O) groups is 1. The molecule has 6 heteroatoms. The first-order valence-corrected chi connectivity index (χ1v) is 8.05. The van der Waals surface area contributed by atoms with Crippen LogP contribution >= 0.6 is 0 Å². The molecule has 0 saturated heterocycles. The zero-order valence-corrected chi connectivity index (χ0v) is 14.5. The minimum Gasteiger partial charge on any atom is -0.352 e. The van der Waals surface area contributed by atoms with Crippen LogP contribution in [0, 0.1) is 5.82 Å². The van der Waals surface area contributed by atoms with Crippen molar-refractivity contribution in [2.75, 3.05) is 20.6 Å². The molecule has 132 valence electrons. The van der Waals surface area contributed by atoms with Gasteiger partial charge in [-0.1, -0.05) is 42.5 Å². The van der Waals surface area contributed by atoms with Crippen LogP contribution in [-0.4, -0.2) is 37.4 Å². The van der Waals surface area contributed by atoms with E-state index in [0.717, 1.165) is 11.1 Å². The predicted molar refractivity (Wildman–Crippen MR) is 97.5 cm³/mol. The Morgan fingerprint density at radius 1 is 1.00 bits per heavy atom. The number of likely N-dealkylation sites (N-methyl/N-ethyl adjacent to an activating group) is 1. The lowest BCUT2D eigenvalue weighted by Gasteiger charge is -2.15. The standard InChI is InChI=1S/C19H23FN4O/c1-24(2)18(25)14-23-19(21-12-15-6-4-3-5-7-15)22-13-16-8-10-17(20)11-9-16/h3-11H,12-14H2,1-2H3,(H2,21,22,23). The molecule has 2 N–H and O–H groups in total. The molecular weight excluding hydrogens is 319 g/mol. The van der Waals surface area contributed by atoms with E-state index in [1.807, 2.05) is 30.3 Å². The highest BCUT2D eigenvalue weighted by atomic mass is 19.1. The van der Waals surface area contributed by atoms with Gasteiger partial charge in [-0.3, -0.25) is 4.79 Å². The van der Waals surface area contributed by atoms with E-state index in [-0.39, 0.29) is 18.3 Å². The zero-order chi connectivity index (χ0) is 18.1. The Hall–Kier alpha value is -2.89. The Labute approximate surface area is 147 Å². The molecule has 2 aromatic carbocycles. The molecule has 0 bridgehead atoms. The summed E-state index contributed by atoms with van der Waals surface area (Å²) >= 11 is 0. The van der Waals surface area contributed by atoms with Gasteiger partial charge in [0.1, 0.15) is 5.82 Å². The van der Waals surface area contributed by atoms with Gasteiger partial charge in [0, 0.05) is 20.6 Å². The van der Waals surface area contributed by atoms with Crippen molar-refractivity contribution in [2.24, 2.45) is 4.99 Å². The number of nitrogens with one attached hydrogen (secondary N) is 2. The van der Waals surface area contributed by atoms with Gasteiger partial charge < -0.3 is 15.5 Å². The van der Waals surface area contributed by atoms with Crippen molar-refractivity contribution in [2.45, 2.75) is 13.1 Å². The van der Waals surface area contributed by atoms with Crippen LogP contribution in [0.2, 0.25) is 0 Å². The summed E-state index contributed by atoms with van der Waals surface area (Å²) in [6.07, 6.45) is 0. The normalized spacial score (nSPS) is 11.1. The molecule has 0 spiro atoms. The molecule has 2 rings (SSSR count). The number of hydrogen-bond donors (Lipinski definition) is 2. The molecule has 0 heterocycles. The molecule has 0 aromatic heterocycles. The maximum absolute atomic E-state index is 13.0. The highest BCUT2D eigenvalue weighted by molar-refractivity contribution is 5.86. The molecule has 0 atom stereocenters. The summed E-state index contributed by atoms with van der Waals surface area (Å²) in [6.45, 7) is 1.13. The van der Waals surface area contributed by atoms with Gasteiger partial charge in [-0.05, 0) is 23.3 Å². The summed E-state index contributed by atoms with van der Waals surface area (Å²) in [6, 6.07) is 16.1. The topological polar surface area (TPSA) is 56.7 Å². The van der Waals surface area contributed by atoms with Crippen LogP contribution in [0.15, 0.2) is 59.6 Å². The smallest absolute Gasteiger partial charge is 0.241 e. The van der Waals surface area contributed by atoms with E-state index >= 15 is 0 Å². The Morgan fingerprint density at radius 2 is 1.68 bits per heavy atom. The van der Waals surface area contributed by atoms with Gasteiger partial charge in [-0.25, -0.2) is 9.38 Å². The third-order valence-electron chi connectivity index (χ3n) is 3.54. The second-order valence-corrected chi connectivity index (χ2v) is 5.77. The fraction of sp³-hybridized carbons (Fsp3) is 0.263. The van der Waals surface area contributed by atoms with Crippen LogP contribution in [0.25, 0.3) is 0 Å². The second-order valence-electron chi connectivity index (χ2n) is 5.77. The number of halogens is 1. The fourth-order valence-electron chi connectivity index (χ4n) is 2.03. The summed E-state index contributed by atoms with van der Waals surface area (Å²) in [5, 5.41) is 6.19. The van der Waals surface area contributed by atoms with Crippen molar-refractivity contribution in [1.82, 2.24) is 15.5 Å². The van der Waals surface area contributed by atoms with Crippen molar-refractivity contribution >= 4 is 11.9 Å². The second kappa shape index (κ2) is 9.42. The van der Waals surface area contributed by atoms with E-state index in [1.54, 1.807) is 26.2 Å². The SMILES string of the molecule is CN(C)C(=O)CNC(=NCc1ccccc1)NCc1ccc(F)cc1. The third-order valence-corrected chi connectivity index (χ3v) is 3.54. The molecule has 0 aliphatic carbocycles. The van der Waals surface area contributed by atoms with Gasteiger partial charge in [-0.15, -0.1) is 0 Å². The van der Waals surface area contributed by atoms with Gasteiger partial charge in [0.2, 0.25) is 5.91 Å². The van der Waals surface area contributed by atoms with Crippen LogP contribution in [0.5, 0.6) is 0 Å². The molecule has 0 unspecified atom stereocenters. The van der Waals surface area contributed by atoms with Gasteiger partial charge in [-0.2, -0.15) is 0 Å². The van der Waals surface area contributed by atoms with Crippen LogP contribution in [0.4, 0.5) is 4.39 Å². The van der Waals surface area contributed by atoms with E-state index in [4.69, 9.17) is 0 Å². The van der Waals surface area contributed by atoms with Crippen molar-refractivity contribution < 1.29 is 9.18 Å². The minimum absolute atomic E-state index is 0.0454.